The van der Waals surface area contributed by atoms with Gasteiger partial charge < -0.3 is 10.6 Å². The van der Waals surface area contributed by atoms with Gasteiger partial charge in [0.1, 0.15) is 0 Å². The van der Waals surface area contributed by atoms with Crippen molar-refractivity contribution in [3.63, 3.8) is 0 Å². The van der Waals surface area contributed by atoms with E-state index in [4.69, 9.17) is 5.73 Å². The minimum Gasteiger partial charge on any atom is -0.342 e. The van der Waals surface area contributed by atoms with Gasteiger partial charge in [0.2, 0.25) is 5.91 Å². The first-order valence-electron chi connectivity index (χ1n) is 6.11. The molecule has 2 fully saturated rings. The van der Waals surface area contributed by atoms with Crippen LogP contribution >= 0.6 is 0 Å². The summed E-state index contributed by atoms with van der Waals surface area (Å²) < 4.78 is 0. The summed E-state index contributed by atoms with van der Waals surface area (Å²) in [6.07, 6.45) is 5.76. The van der Waals surface area contributed by atoms with Crippen LogP contribution in [0.25, 0.3) is 0 Å². The lowest BCUT2D eigenvalue weighted by Gasteiger charge is -2.29. The summed E-state index contributed by atoms with van der Waals surface area (Å²) in [5.74, 6) is 1.81. The number of rotatable bonds is 5. The molecule has 2 saturated carbocycles. The third kappa shape index (κ3) is 2.71. The summed E-state index contributed by atoms with van der Waals surface area (Å²) in [5.41, 5.74) is 5.67. The van der Waals surface area contributed by atoms with E-state index in [0.29, 0.717) is 12.5 Å². The number of carbonyl (C=O) groups excluding carboxylic acids is 1. The van der Waals surface area contributed by atoms with E-state index in [-0.39, 0.29) is 11.9 Å². The molecule has 2 aliphatic carbocycles. The predicted octanol–water partition coefficient (Wildman–Crippen LogP) is 1.37. The Kier molecular flexibility index (Phi) is 3.01. The molecule has 0 aromatic carbocycles. The second-order valence-corrected chi connectivity index (χ2v) is 5.35. The molecule has 3 nitrogen and oxygen atoms in total. The maximum Gasteiger partial charge on any atom is 0.224 e. The molecule has 1 amide bonds. The van der Waals surface area contributed by atoms with Gasteiger partial charge in [-0.3, -0.25) is 4.79 Å². The molecule has 2 aliphatic rings. The van der Waals surface area contributed by atoms with Crippen LogP contribution in [0.3, 0.4) is 0 Å². The first kappa shape index (κ1) is 10.9. The zero-order valence-electron chi connectivity index (χ0n) is 9.78. The van der Waals surface area contributed by atoms with Gasteiger partial charge in [0.05, 0.1) is 0 Å². The highest BCUT2D eigenvalue weighted by Crippen LogP contribution is 2.46. The molecule has 0 radical (unpaired) electrons. The SMILES string of the molecule is CC(N)CC(=O)N(C)C(C1CC1)C1CC1. The molecule has 0 heterocycles. The molecule has 2 N–H and O–H groups in total. The van der Waals surface area contributed by atoms with Crippen molar-refractivity contribution >= 4 is 5.91 Å². The van der Waals surface area contributed by atoms with Crippen molar-refractivity contribution in [2.75, 3.05) is 7.05 Å². The molecule has 0 bridgehead atoms. The maximum absolute atomic E-state index is 11.9. The van der Waals surface area contributed by atoms with Gasteiger partial charge >= 0.3 is 0 Å². The number of hydrogen-bond acceptors (Lipinski definition) is 2. The summed E-state index contributed by atoms with van der Waals surface area (Å²) in [6, 6.07) is 0.509. The molecule has 3 heteroatoms. The van der Waals surface area contributed by atoms with Crippen LogP contribution in [0.5, 0.6) is 0 Å². The zero-order chi connectivity index (χ0) is 11.0. The second kappa shape index (κ2) is 4.12. The van der Waals surface area contributed by atoms with Crippen LogP contribution in [-0.2, 0) is 4.79 Å². The molecular formula is C12H22N2O. The van der Waals surface area contributed by atoms with E-state index in [9.17, 15) is 4.79 Å². The summed E-state index contributed by atoms with van der Waals surface area (Å²) in [5, 5.41) is 0. The summed E-state index contributed by atoms with van der Waals surface area (Å²) in [4.78, 5) is 13.9. The van der Waals surface area contributed by atoms with Crippen molar-refractivity contribution in [3.05, 3.63) is 0 Å². The third-order valence-corrected chi connectivity index (χ3v) is 3.55. The standard InChI is InChI=1S/C12H22N2O/c1-8(13)7-11(15)14(2)12(9-3-4-9)10-5-6-10/h8-10,12H,3-7,13H2,1-2H3. The predicted molar refractivity (Wildman–Crippen MR) is 60.3 cm³/mol. The highest BCUT2D eigenvalue weighted by Gasteiger charge is 2.44. The van der Waals surface area contributed by atoms with E-state index in [1.165, 1.54) is 25.7 Å². The fraction of sp³-hybridized carbons (Fsp3) is 0.917. The second-order valence-electron chi connectivity index (χ2n) is 5.35. The average Bonchev–Trinajstić information content (AvgIpc) is 2.97. The van der Waals surface area contributed by atoms with Gasteiger partial charge in [-0.05, 0) is 44.4 Å². The molecule has 0 aromatic heterocycles. The van der Waals surface area contributed by atoms with Crippen LogP contribution < -0.4 is 5.73 Å². The molecule has 15 heavy (non-hydrogen) atoms. The molecule has 86 valence electrons. The maximum atomic E-state index is 11.9. The number of nitrogens with zero attached hydrogens (tertiary/aromatic N) is 1. The Labute approximate surface area is 92.0 Å². The Bertz CT molecular complexity index is 232. The van der Waals surface area contributed by atoms with E-state index in [1.54, 1.807) is 0 Å². The molecule has 1 atom stereocenters. The van der Waals surface area contributed by atoms with Gasteiger partial charge in [0.15, 0.2) is 0 Å². The minimum absolute atomic E-state index is 0.0148. The minimum atomic E-state index is -0.0148. The summed E-state index contributed by atoms with van der Waals surface area (Å²) in [6.45, 7) is 1.90. The molecule has 1 unspecified atom stereocenters. The fourth-order valence-corrected chi connectivity index (χ4v) is 2.48. The van der Waals surface area contributed by atoms with E-state index in [1.807, 2.05) is 18.9 Å². The van der Waals surface area contributed by atoms with Gasteiger partial charge in [0, 0.05) is 25.6 Å². The van der Waals surface area contributed by atoms with Crippen LogP contribution in [0.2, 0.25) is 0 Å². The summed E-state index contributed by atoms with van der Waals surface area (Å²) >= 11 is 0. The number of hydrogen-bond donors (Lipinski definition) is 1. The third-order valence-electron chi connectivity index (χ3n) is 3.55. The van der Waals surface area contributed by atoms with Crippen molar-refractivity contribution in [1.82, 2.24) is 4.90 Å². The molecule has 0 aromatic rings. The van der Waals surface area contributed by atoms with E-state index in [0.717, 1.165) is 11.8 Å². The van der Waals surface area contributed by atoms with Gasteiger partial charge in [-0.1, -0.05) is 0 Å². The largest absolute Gasteiger partial charge is 0.342 e. The molecular weight excluding hydrogens is 188 g/mol. The van der Waals surface area contributed by atoms with Crippen molar-refractivity contribution < 1.29 is 4.79 Å². The lowest BCUT2D eigenvalue weighted by Crippen LogP contribution is -2.41. The van der Waals surface area contributed by atoms with Crippen LogP contribution in [0.4, 0.5) is 0 Å². The molecule has 0 spiro atoms. The fourth-order valence-electron chi connectivity index (χ4n) is 2.48. The highest BCUT2D eigenvalue weighted by molar-refractivity contribution is 5.77. The molecule has 2 rings (SSSR count). The zero-order valence-corrected chi connectivity index (χ0v) is 9.78. The highest BCUT2D eigenvalue weighted by atomic mass is 16.2. The van der Waals surface area contributed by atoms with Crippen molar-refractivity contribution in [2.24, 2.45) is 17.6 Å². The summed E-state index contributed by atoms with van der Waals surface area (Å²) in [7, 11) is 1.96. The van der Waals surface area contributed by atoms with Crippen molar-refractivity contribution in [3.8, 4) is 0 Å². The number of nitrogens with two attached hydrogens (primary N) is 1. The van der Waals surface area contributed by atoms with Crippen molar-refractivity contribution in [1.29, 1.82) is 0 Å². The van der Waals surface area contributed by atoms with Crippen LogP contribution in [0.1, 0.15) is 39.0 Å². The topological polar surface area (TPSA) is 46.3 Å². The number of amides is 1. The first-order valence-corrected chi connectivity index (χ1v) is 6.11. The van der Waals surface area contributed by atoms with E-state index >= 15 is 0 Å². The first-order chi connectivity index (χ1) is 7.09. The van der Waals surface area contributed by atoms with Gasteiger partial charge in [0.25, 0.3) is 0 Å². The Hall–Kier alpha value is -0.570. The van der Waals surface area contributed by atoms with E-state index in [2.05, 4.69) is 0 Å². The Morgan fingerprint density at radius 1 is 1.33 bits per heavy atom. The van der Waals surface area contributed by atoms with Gasteiger partial charge in [-0.2, -0.15) is 0 Å². The van der Waals surface area contributed by atoms with E-state index < -0.39 is 0 Å². The monoisotopic (exact) mass is 210 g/mol. The molecule has 0 aliphatic heterocycles. The smallest absolute Gasteiger partial charge is 0.224 e. The van der Waals surface area contributed by atoms with Crippen molar-refractivity contribution in [2.45, 2.75) is 51.1 Å². The average molecular weight is 210 g/mol. The lowest BCUT2D eigenvalue weighted by molar-refractivity contribution is -0.133. The Morgan fingerprint density at radius 3 is 2.13 bits per heavy atom. The Morgan fingerprint density at radius 2 is 1.80 bits per heavy atom. The lowest BCUT2D eigenvalue weighted by atomic mass is 10.0. The van der Waals surface area contributed by atoms with Crippen LogP contribution in [0.15, 0.2) is 0 Å². The van der Waals surface area contributed by atoms with Gasteiger partial charge in [-0.15, -0.1) is 0 Å². The van der Waals surface area contributed by atoms with Gasteiger partial charge in [-0.25, -0.2) is 0 Å². The molecule has 0 saturated heterocycles. The quantitative estimate of drug-likeness (QED) is 0.745. The van der Waals surface area contributed by atoms with Crippen LogP contribution in [0, 0.1) is 11.8 Å². The van der Waals surface area contributed by atoms with Crippen LogP contribution in [-0.4, -0.2) is 29.9 Å². The normalized spacial score (nSPS) is 22.9. The Balaban J connectivity index is 1.91. The number of carbonyl (C=O) groups is 1.